The minimum absolute atomic E-state index is 0.122. The number of hydrogen-bond acceptors (Lipinski definition) is 2. The summed E-state index contributed by atoms with van der Waals surface area (Å²) < 4.78 is 0. The lowest BCUT2D eigenvalue weighted by molar-refractivity contribution is 0.104. The van der Waals surface area contributed by atoms with Crippen molar-refractivity contribution in [1.29, 1.82) is 0 Å². The standard InChI is InChI=1S/C11H25NO/c1-4-7-11(13)10-12(8-5-2)9-6-3/h11,13H,4-10H2,1-3H3. The lowest BCUT2D eigenvalue weighted by Gasteiger charge is -2.23. The zero-order valence-corrected chi connectivity index (χ0v) is 9.42. The van der Waals surface area contributed by atoms with Crippen LogP contribution in [0.5, 0.6) is 0 Å². The van der Waals surface area contributed by atoms with E-state index in [-0.39, 0.29) is 6.10 Å². The Bertz CT molecular complexity index is 100. The van der Waals surface area contributed by atoms with E-state index in [4.69, 9.17) is 0 Å². The van der Waals surface area contributed by atoms with E-state index in [2.05, 4.69) is 25.7 Å². The molecule has 0 saturated carbocycles. The second-order valence-electron chi connectivity index (χ2n) is 3.74. The molecule has 1 atom stereocenters. The van der Waals surface area contributed by atoms with E-state index in [9.17, 15) is 5.11 Å². The molecule has 0 bridgehead atoms. The van der Waals surface area contributed by atoms with Crippen molar-refractivity contribution in [1.82, 2.24) is 4.90 Å². The maximum absolute atomic E-state index is 9.63. The molecule has 13 heavy (non-hydrogen) atoms. The van der Waals surface area contributed by atoms with Crippen molar-refractivity contribution in [3.8, 4) is 0 Å². The Morgan fingerprint density at radius 1 is 1.00 bits per heavy atom. The fourth-order valence-corrected chi connectivity index (χ4v) is 1.65. The minimum atomic E-state index is -0.122. The van der Waals surface area contributed by atoms with Crippen LogP contribution in [0.3, 0.4) is 0 Å². The topological polar surface area (TPSA) is 23.5 Å². The molecule has 0 aromatic carbocycles. The molecule has 0 aromatic heterocycles. The highest BCUT2D eigenvalue weighted by Gasteiger charge is 2.08. The first-order valence-corrected chi connectivity index (χ1v) is 5.64. The molecule has 0 aliphatic heterocycles. The van der Waals surface area contributed by atoms with E-state index in [0.29, 0.717) is 0 Å². The molecule has 2 heteroatoms. The number of aliphatic hydroxyl groups excluding tert-OH is 1. The fraction of sp³-hybridized carbons (Fsp3) is 1.00. The third-order valence-corrected chi connectivity index (χ3v) is 2.17. The van der Waals surface area contributed by atoms with Crippen LogP contribution in [0.25, 0.3) is 0 Å². The predicted molar refractivity (Wildman–Crippen MR) is 57.9 cm³/mol. The van der Waals surface area contributed by atoms with Gasteiger partial charge in [-0.05, 0) is 32.4 Å². The van der Waals surface area contributed by atoms with Gasteiger partial charge in [-0.1, -0.05) is 27.2 Å². The molecule has 80 valence electrons. The Kier molecular flexibility index (Phi) is 8.46. The molecule has 2 nitrogen and oxygen atoms in total. The molecular weight excluding hydrogens is 162 g/mol. The SMILES string of the molecule is CCCC(O)CN(CCC)CCC. The third-order valence-electron chi connectivity index (χ3n) is 2.17. The molecule has 0 aromatic rings. The zero-order chi connectivity index (χ0) is 10.1. The molecule has 0 amide bonds. The van der Waals surface area contributed by atoms with Crippen LogP contribution in [-0.2, 0) is 0 Å². The van der Waals surface area contributed by atoms with E-state index >= 15 is 0 Å². The molecule has 0 spiro atoms. The molecule has 0 heterocycles. The van der Waals surface area contributed by atoms with Crippen molar-refractivity contribution in [2.75, 3.05) is 19.6 Å². The Morgan fingerprint density at radius 3 is 1.92 bits per heavy atom. The summed E-state index contributed by atoms with van der Waals surface area (Å²) in [5, 5.41) is 9.63. The molecule has 0 rings (SSSR count). The van der Waals surface area contributed by atoms with Gasteiger partial charge >= 0.3 is 0 Å². The highest BCUT2D eigenvalue weighted by molar-refractivity contribution is 4.63. The van der Waals surface area contributed by atoms with E-state index in [1.807, 2.05) is 0 Å². The summed E-state index contributed by atoms with van der Waals surface area (Å²) in [7, 11) is 0. The van der Waals surface area contributed by atoms with Gasteiger partial charge in [-0.25, -0.2) is 0 Å². The lowest BCUT2D eigenvalue weighted by atomic mass is 10.2. The van der Waals surface area contributed by atoms with Crippen LogP contribution in [0.2, 0.25) is 0 Å². The van der Waals surface area contributed by atoms with Crippen molar-refractivity contribution in [3.63, 3.8) is 0 Å². The van der Waals surface area contributed by atoms with Gasteiger partial charge < -0.3 is 10.0 Å². The highest BCUT2D eigenvalue weighted by Crippen LogP contribution is 2.01. The van der Waals surface area contributed by atoms with Gasteiger partial charge in [-0.3, -0.25) is 0 Å². The number of aliphatic hydroxyl groups is 1. The third kappa shape index (κ3) is 7.03. The Morgan fingerprint density at radius 2 is 1.54 bits per heavy atom. The van der Waals surface area contributed by atoms with Crippen molar-refractivity contribution in [2.45, 2.75) is 52.6 Å². The zero-order valence-electron chi connectivity index (χ0n) is 9.42. The average molecular weight is 187 g/mol. The lowest BCUT2D eigenvalue weighted by Crippen LogP contribution is -2.33. The molecule has 0 aliphatic rings. The molecule has 0 fully saturated rings. The van der Waals surface area contributed by atoms with E-state index in [0.717, 1.165) is 32.5 Å². The summed E-state index contributed by atoms with van der Waals surface area (Å²) in [6.07, 6.45) is 4.25. The van der Waals surface area contributed by atoms with Gasteiger partial charge in [0.15, 0.2) is 0 Å². The van der Waals surface area contributed by atoms with Gasteiger partial charge in [-0.2, -0.15) is 0 Å². The van der Waals surface area contributed by atoms with Gasteiger partial charge in [0.05, 0.1) is 6.10 Å². The van der Waals surface area contributed by atoms with E-state index in [1.54, 1.807) is 0 Å². The quantitative estimate of drug-likeness (QED) is 0.630. The summed E-state index contributed by atoms with van der Waals surface area (Å²) in [6, 6.07) is 0. The second-order valence-corrected chi connectivity index (χ2v) is 3.74. The summed E-state index contributed by atoms with van der Waals surface area (Å²) in [4.78, 5) is 2.36. The monoisotopic (exact) mass is 187 g/mol. The molecular formula is C11H25NO. The first kappa shape index (κ1) is 12.9. The Hall–Kier alpha value is -0.0800. The van der Waals surface area contributed by atoms with E-state index in [1.165, 1.54) is 12.8 Å². The van der Waals surface area contributed by atoms with Crippen molar-refractivity contribution >= 4 is 0 Å². The summed E-state index contributed by atoms with van der Waals surface area (Å²) >= 11 is 0. The van der Waals surface area contributed by atoms with Crippen LogP contribution in [0, 0.1) is 0 Å². The Balaban J connectivity index is 3.64. The summed E-state index contributed by atoms with van der Waals surface area (Å²) in [6.45, 7) is 9.59. The largest absolute Gasteiger partial charge is 0.392 e. The summed E-state index contributed by atoms with van der Waals surface area (Å²) in [5.41, 5.74) is 0. The van der Waals surface area contributed by atoms with Crippen LogP contribution in [0.15, 0.2) is 0 Å². The van der Waals surface area contributed by atoms with Crippen molar-refractivity contribution in [2.24, 2.45) is 0 Å². The molecule has 0 saturated heterocycles. The van der Waals surface area contributed by atoms with Crippen molar-refractivity contribution < 1.29 is 5.11 Å². The average Bonchev–Trinajstić information content (AvgIpc) is 2.05. The number of rotatable bonds is 8. The maximum atomic E-state index is 9.63. The van der Waals surface area contributed by atoms with Crippen LogP contribution < -0.4 is 0 Å². The first-order valence-electron chi connectivity index (χ1n) is 5.64. The van der Waals surface area contributed by atoms with Gasteiger partial charge in [0.1, 0.15) is 0 Å². The first-order chi connectivity index (χ1) is 6.24. The van der Waals surface area contributed by atoms with Crippen LogP contribution >= 0.6 is 0 Å². The van der Waals surface area contributed by atoms with Gasteiger partial charge in [0.25, 0.3) is 0 Å². The number of hydrogen-bond donors (Lipinski definition) is 1. The molecule has 1 N–H and O–H groups in total. The van der Waals surface area contributed by atoms with E-state index < -0.39 is 0 Å². The second kappa shape index (κ2) is 8.52. The van der Waals surface area contributed by atoms with Crippen LogP contribution in [0.4, 0.5) is 0 Å². The van der Waals surface area contributed by atoms with Gasteiger partial charge in [-0.15, -0.1) is 0 Å². The molecule has 0 aliphatic carbocycles. The minimum Gasteiger partial charge on any atom is -0.392 e. The molecule has 1 unspecified atom stereocenters. The van der Waals surface area contributed by atoms with Crippen LogP contribution in [0.1, 0.15) is 46.5 Å². The predicted octanol–water partition coefficient (Wildman–Crippen LogP) is 2.27. The maximum Gasteiger partial charge on any atom is 0.0667 e. The van der Waals surface area contributed by atoms with Gasteiger partial charge in [0, 0.05) is 6.54 Å². The smallest absolute Gasteiger partial charge is 0.0667 e. The molecule has 0 radical (unpaired) electrons. The Labute approximate surface area is 82.9 Å². The van der Waals surface area contributed by atoms with Crippen molar-refractivity contribution in [3.05, 3.63) is 0 Å². The fourth-order valence-electron chi connectivity index (χ4n) is 1.65. The normalized spacial score (nSPS) is 13.6. The number of nitrogens with zero attached hydrogens (tertiary/aromatic N) is 1. The van der Waals surface area contributed by atoms with Gasteiger partial charge in [0.2, 0.25) is 0 Å². The van der Waals surface area contributed by atoms with Crippen LogP contribution in [-0.4, -0.2) is 35.7 Å². The summed E-state index contributed by atoms with van der Waals surface area (Å²) in [5.74, 6) is 0. The highest BCUT2D eigenvalue weighted by atomic mass is 16.3.